The van der Waals surface area contributed by atoms with Crippen LogP contribution in [0.3, 0.4) is 0 Å². The Kier molecular flexibility index (Phi) is 3.72. The van der Waals surface area contributed by atoms with Gasteiger partial charge in [-0.1, -0.05) is 13.3 Å². The van der Waals surface area contributed by atoms with Crippen LogP contribution in [-0.2, 0) is 7.05 Å². The van der Waals surface area contributed by atoms with Gasteiger partial charge in [0.1, 0.15) is 0 Å². The summed E-state index contributed by atoms with van der Waals surface area (Å²) in [5.41, 5.74) is 0.956. The van der Waals surface area contributed by atoms with E-state index >= 15 is 0 Å². The lowest BCUT2D eigenvalue weighted by molar-refractivity contribution is 0.298. The maximum atomic E-state index is 13.9. The molecule has 0 atom stereocenters. The van der Waals surface area contributed by atoms with Gasteiger partial charge in [0.2, 0.25) is 0 Å². The molecule has 0 bridgehead atoms. The van der Waals surface area contributed by atoms with Crippen LogP contribution >= 0.6 is 15.9 Å². The monoisotopic (exact) mass is 299 g/mol. The largest absolute Gasteiger partial charge is 0.490 e. The fourth-order valence-electron chi connectivity index (χ4n) is 1.85. The van der Waals surface area contributed by atoms with Crippen LogP contribution in [0.1, 0.15) is 19.8 Å². The minimum Gasteiger partial charge on any atom is -0.490 e. The van der Waals surface area contributed by atoms with Crippen molar-refractivity contribution >= 4 is 26.8 Å². The average molecular weight is 300 g/mol. The molecule has 0 radical (unpaired) electrons. The molecule has 2 nitrogen and oxygen atoms in total. The Morgan fingerprint density at radius 1 is 1.47 bits per heavy atom. The lowest BCUT2D eigenvalue weighted by Crippen LogP contribution is -2.00. The van der Waals surface area contributed by atoms with E-state index < -0.39 is 0 Å². The van der Waals surface area contributed by atoms with Crippen LogP contribution in [0.2, 0.25) is 0 Å². The van der Waals surface area contributed by atoms with Gasteiger partial charge in [-0.05, 0) is 34.5 Å². The third-order valence-corrected chi connectivity index (χ3v) is 3.36. The molecule has 0 aliphatic heterocycles. The molecule has 0 spiro atoms. The van der Waals surface area contributed by atoms with Crippen molar-refractivity contribution in [1.82, 2.24) is 4.57 Å². The van der Waals surface area contributed by atoms with Gasteiger partial charge in [-0.3, -0.25) is 0 Å². The number of aromatic nitrogens is 1. The van der Waals surface area contributed by atoms with Gasteiger partial charge in [0.05, 0.1) is 12.1 Å². The van der Waals surface area contributed by atoms with Crippen LogP contribution in [0.15, 0.2) is 22.8 Å². The zero-order valence-electron chi connectivity index (χ0n) is 9.96. The highest BCUT2D eigenvalue weighted by atomic mass is 79.9. The maximum Gasteiger partial charge on any atom is 0.166 e. The first-order valence-corrected chi connectivity index (χ1v) is 6.50. The summed E-state index contributed by atoms with van der Waals surface area (Å²) in [6.07, 6.45) is 3.88. The zero-order chi connectivity index (χ0) is 12.4. The number of rotatable bonds is 4. The summed E-state index contributed by atoms with van der Waals surface area (Å²) in [6, 6.07) is 3.34. The van der Waals surface area contributed by atoms with E-state index in [0.29, 0.717) is 12.4 Å². The first-order valence-electron chi connectivity index (χ1n) is 5.71. The molecule has 0 aliphatic carbocycles. The minimum atomic E-state index is -0.313. The molecule has 0 aliphatic rings. The van der Waals surface area contributed by atoms with Gasteiger partial charge in [-0.15, -0.1) is 0 Å². The number of aryl methyl sites for hydroxylation is 1. The number of nitrogens with zero attached hydrogens (tertiary/aromatic N) is 1. The summed E-state index contributed by atoms with van der Waals surface area (Å²) in [7, 11) is 1.93. The van der Waals surface area contributed by atoms with E-state index in [4.69, 9.17) is 4.74 Å². The van der Waals surface area contributed by atoms with Gasteiger partial charge in [0.25, 0.3) is 0 Å². The third kappa shape index (κ3) is 2.32. The van der Waals surface area contributed by atoms with Crippen molar-refractivity contribution in [1.29, 1.82) is 0 Å². The summed E-state index contributed by atoms with van der Waals surface area (Å²) < 4.78 is 22.1. The highest BCUT2D eigenvalue weighted by molar-refractivity contribution is 9.10. The summed E-state index contributed by atoms with van der Waals surface area (Å²) >= 11 is 3.38. The Morgan fingerprint density at radius 3 is 2.94 bits per heavy atom. The summed E-state index contributed by atoms with van der Waals surface area (Å²) in [5.74, 6) is 0.0453. The van der Waals surface area contributed by atoms with Crippen LogP contribution in [0.25, 0.3) is 10.9 Å². The van der Waals surface area contributed by atoms with Crippen molar-refractivity contribution in [2.75, 3.05) is 6.61 Å². The number of halogens is 2. The molecule has 2 rings (SSSR count). The Labute approximate surface area is 109 Å². The second kappa shape index (κ2) is 5.08. The Morgan fingerprint density at radius 2 is 2.24 bits per heavy atom. The van der Waals surface area contributed by atoms with Gasteiger partial charge in [0, 0.05) is 23.1 Å². The number of ether oxygens (including phenoxy) is 1. The first-order chi connectivity index (χ1) is 8.15. The smallest absolute Gasteiger partial charge is 0.166 e. The van der Waals surface area contributed by atoms with Gasteiger partial charge < -0.3 is 9.30 Å². The third-order valence-electron chi connectivity index (χ3n) is 2.76. The number of unbranched alkanes of at least 4 members (excludes halogenated alkanes) is 1. The van der Waals surface area contributed by atoms with Crippen molar-refractivity contribution < 1.29 is 9.13 Å². The standard InChI is InChI=1S/C13H15BrFNO/c1-3-4-7-17-13-9-5-6-16(2)12(9)10(14)8-11(13)15/h5-6,8H,3-4,7H2,1-2H3. The molecular weight excluding hydrogens is 285 g/mol. The molecular formula is C13H15BrFNO. The van der Waals surface area contributed by atoms with Crippen LogP contribution in [-0.4, -0.2) is 11.2 Å². The van der Waals surface area contributed by atoms with E-state index in [1.807, 2.05) is 23.9 Å². The number of fused-ring (bicyclic) bond motifs is 1. The number of hydrogen-bond donors (Lipinski definition) is 0. The SMILES string of the molecule is CCCCOc1c(F)cc(Br)c2c1ccn2C. The second-order valence-electron chi connectivity index (χ2n) is 4.06. The van der Waals surface area contributed by atoms with Crippen molar-refractivity contribution in [3.63, 3.8) is 0 Å². The lowest BCUT2D eigenvalue weighted by Gasteiger charge is -2.10. The highest BCUT2D eigenvalue weighted by Crippen LogP contribution is 2.35. The van der Waals surface area contributed by atoms with Gasteiger partial charge in [-0.2, -0.15) is 0 Å². The quantitative estimate of drug-likeness (QED) is 0.770. The van der Waals surface area contributed by atoms with E-state index in [1.165, 1.54) is 6.07 Å². The fraction of sp³-hybridized carbons (Fsp3) is 0.385. The van der Waals surface area contributed by atoms with E-state index in [0.717, 1.165) is 28.2 Å². The Hall–Kier alpha value is -1.03. The number of hydrogen-bond acceptors (Lipinski definition) is 1. The van der Waals surface area contributed by atoms with Gasteiger partial charge >= 0.3 is 0 Å². The van der Waals surface area contributed by atoms with Crippen molar-refractivity contribution in [3.8, 4) is 5.75 Å². The van der Waals surface area contributed by atoms with Gasteiger partial charge in [0.15, 0.2) is 11.6 Å². The van der Waals surface area contributed by atoms with Crippen molar-refractivity contribution in [2.45, 2.75) is 19.8 Å². The second-order valence-corrected chi connectivity index (χ2v) is 4.91. The van der Waals surface area contributed by atoms with E-state index in [-0.39, 0.29) is 5.82 Å². The molecule has 17 heavy (non-hydrogen) atoms. The topological polar surface area (TPSA) is 14.2 Å². The summed E-state index contributed by atoms with van der Waals surface area (Å²) in [5, 5.41) is 0.815. The Bertz CT molecular complexity index is 536. The normalized spacial score (nSPS) is 11.1. The summed E-state index contributed by atoms with van der Waals surface area (Å²) in [6.45, 7) is 2.64. The molecule has 2 aromatic rings. The predicted octanol–water partition coefficient (Wildman–Crippen LogP) is 4.26. The molecule has 0 amide bonds. The van der Waals surface area contributed by atoms with Crippen LogP contribution < -0.4 is 4.74 Å². The molecule has 0 N–H and O–H groups in total. The fourth-order valence-corrected chi connectivity index (χ4v) is 2.54. The number of benzene rings is 1. The molecule has 0 fully saturated rings. The minimum absolute atomic E-state index is 0.313. The average Bonchev–Trinajstić information content (AvgIpc) is 2.66. The zero-order valence-corrected chi connectivity index (χ0v) is 11.6. The molecule has 1 aromatic carbocycles. The lowest BCUT2D eigenvalue weighted by atomic mass is 10.2. The van der Waals surface area contributed by atoms with E-state index in [9.17, 15) is 4.39 Å². The van der Waals surface area contributed by atoms with Crippen molar-refractivity contribution in [2.24, 2.45) is 7.05 Å². The first kappa shape index (κ1) is 12.4. The van der Waals surface area contributed by atoms with Crippen molar-refractivity contribution in [3.05, 3.63) is 28.6 Å². The summed E-state index contributed by atoms with van der Waals surface area (Å²) in [4.78, 5) is 0. The van der Waals surface area contributed by atoms with Crippen LogP contribution in [0, 0.1) is 5.82 Å². The molecule has 1 heterocycles. The maximum absolute atomic E-state index is 13.9. The van der Waals surface area contributed by atoms with E-state index in [1.54, 1.807) is 0 Å². The molecule has 1 aromatic heterocycles. The molecule has 0 unspecified atom stereocenters. The predicted molar refractivity (Wildman–Crippen MR) is 71.0 cm³/mol. The molecule has 92 valence electrons. The van der Waals surface area contributed by atoms with Crippen LogP contribution in [0.5, 0.6) is 5.75 Å². The molecule has 0 saturated carbocycles. The van der Waals surface area contributed by atoms with Crippen LogP contribution in [0.4, 0.5) is 4.39 Å². The molecule has 4 heteroatoms. The highest BCUT2D eigenvalue weighted by Gasteiger charge is 2.14. The molecule has 0 saturated heterocycles. The van der Waals surface area contributed by atoms with Gasteiger partial charge in [-0.25, -0.2) is 4.39 Å². The van der Waals surface area contributed by atoms with E-state index in [2.05, 4.69) is 22.9 Å². The Balaban J connectivity index is 2.46.